The molecule has 4 aromatic carbocycles. The van der Waals surface area contributed by atoms with Crippen molar-refractivity contribution >= 4 is 73.6 Å². The first-order valence-electron chi connectivity index (χ1n) is 13.2. The van der Waals surface area contributed by atoms with Crippen molar-refractivity contribution in [2.45, 2.75) is 31.1 Å². The third-order valence-electron chi connectivity index (χ3n) is 8.10. The first-order chi connectivity index (χ1) is 18.9. The maximum atomic E-state index is 13.4. The quantitative estimate of drug-likeness (QED) is 0.208. The summed E-state index contributed by atoms with van der Waals surface area (Å²) < 4.78 is 0. The Hall–Kier alpha value is -3.48. The number of alkyl halides is 2. The molecule has 0 aliphatic carbocycles. The van der Waals surface area contributed by atoms with Crippen molar-refractivity contribution in [1.82, 2.24) is 0 Å². The predicted molar refractivity (Wildman–Crippen MR) is 159 cm³/mol. The van der Waals surface area contributed by atoms with Crippen LogP contribution >= 0.6 is 23.2 Å². The second-order valence-electron chi connectivity index (χ2n) is 10.4. The van der Waals surface area contributed by atoms with E-state index in [0.717, 1.165) is 38.4 Å². The van der Waals surface area contributed by atoms with Crippen molar-refractivity contribution in [2.75, 3.05) is 40.4 Å². The van der Waals surface area contributed by atoms with Crippen molar-refractivity contribution < 1.29 is 14.7 Å². The van der Waals surface area contributed by atoms with Crippen molar-refractivity contribution in [2.24, 2.45) is 0 Å². The van der Waals surface area contributed by atoms with Gasteiger partial charge >= 0.3 is 0 Å². The van der Waals surface area contributed by atoms with Crippen LogP contribution in [0.15, 0.2) is 60.7 Å². The van der Waals surface area contributed by atoms with E-state index in [1.165, 1.54) is 0 Å². The summed E-state index contributed by atoms with van der Waals surface area (Å²) in [4.78, 5) is 30.2. The summed E-state index contributed by atoms with van der Waals surface area (Å²) in [5.41, 5.74) is 10.5. The van der Waals surface area contributed by atoms with E-state index in [9.17, 15) is 14.7 Å². The number of amides is 2. The number of carbonyl (C=O) groups excluding carboxylic acids is 2. The Labute approximate surface area is 236 Å². The second-order valence-corrected chi connectivity index (χ2v) is 11.0. The van der Waals surface area contributed by atoms with Gasteiger partial charge in [-0.05, 0) is 34.4 Å². The molecular formula is C31H29Cl2N3O3. The molecule has 200 valence electrons. The van der Waals surface area contributed by atoms with Crippen molar-refractivity contribution in [3.05, 3.63) is 71.8 Å². The monoisotopic (exact) mass is 561 g/mol. The molecule has 2 aliphatic heterocycles. The SMILES string of the molecule is Nc1cc2c(c3ccccc13)[C@@H](CCl)CN2C(=O)CCCC(=O)N1C[C@H](CCl)c2c1cc(O)c1ccccc21. The number of hydrogen-bond donors (Lipinski definition) is 2. The topological polar surface area (TPSA) is 86.9 Å². The Balaban J connectivity index is 1.19. The summed E-state index contributed by atoms with van der Waals surface area (Å²) >= 11 is 12.6. The van der Waals surface area contributed by atoms with E-state index in [-0.39, 0.29) is 42.2 Å². The van der Waals surface area contributed by atoms with Crippen LogP contribution in [-0.4, -0.2) is 41.8 Å². The van der Waals surface area contributed by atoms with E-state index in [0.29, 0.717) is 42.6 Å². The minimum Gasteiger partial charge on any atom is -0.507 e. The van der Waals surface area contributed by atoms with E-state index >= 15 is 0 Å². The lowest BCUT2D eigenvalue weighted by Gasteiger charge is -2.20. The van der Waals surface area contributed by atoms with Gasteiger partial charge in [0.1, 0.15) is 5.75 Å². The Morgan fingerprint density at radius 2 is 1.23 bits per heavy atom. The number of hydrogen-bond acceptors (Lipinski definition) is 4. The highest BCUT2D eigenvalue weighted by molar-refractivity contribution is 6.19. The molecule has 0 saturated carbocycles. The van der Waals surface area contributed by atoms with E-state index in [1.54, 1.807) is 15.9 Å². The molecule has 0 fully saturated rings. The Morgan fingerprint density at radius 1 is 0.769 bits per heavy atom. The van der Waals surface area contributed by atoms with Crippen molar-refractivity contribution in [1.29, 1.82) is 0 Å². The number of benzene rings is 4. The fraction of sp³-hybridized carbons (Fsp3) is 0.290. The largest absolute Gasteiger partial charge is 0.507 e. The highest BCUT2D eigenvalue weighted by Gasteiger charge is 2.36. The Morgan fingerprint density at radius 3 is 1.77 bits per heavy atom. The molecule has 2 aliphatic rings. The standard InChI is InChI=1S/C31H29Cl2N3O3/c32-14-18-16-35(25-12-24(34)20-6-1-3-8-22(20)30(18)25)28(38)10-5-11-29(39)36-17-19(15-33)31-23-9-4-2-7-21(23)27(37)13-26(31)36/h1-4,6-9,12-13,18-19,37H,5,10-11,14-17,34H2/t18-,19-/m0/s1. The number of carbonyl (C=O) groups is 2. The number of nitrogens with two attached hydrogens (primary N) is 1. The number of phenols is 1. The minimum absolute atomic E-state index is 0.0217. The maximum absolute atomic E-state index is 13.4. The van der Waals surface area contributed by atoms with Gasteiger partial charge in [-0.2, -0.15) is 0 Å². The van der Waals surface area contributed by atoms with Gasteiger partial charge in [-0.1, -0.05) is 48.5 Å². The van der Waals surface area contributed by atoms with Gasteiger partial charge in [-0.3, -0.25) is 9.59 Å². The van der Waals surface area contributed by atoms with Crippen LogP contribution in [0.1, 0.15) is 42.2 Å². The summed E-state index contributed by atoms with van der Waals surface area (Å²) in [5, 5.41) is 14.3. The fourth-order valence-electron chi connectivity index (χ4n) is 6.28. The van der Waals surface area contributed by atoms with Crippen molar-refractivity contribution in [3.63, 3.8) is 0 Å². The second kappa shape index (κ2) is 10.2. The molecule has 2 atom stereocenters. The smallest absolute Gasteiger partial charge is 0.227 e. The van der Waals surface area contributed by atoms with Crippen molar-refractivity contribution in [3.8, 4) is 5.75 Å². The summed E-state index contributed by atoms with van der Waals surface area (Å²) in [5.74, 6) is 0.789. The lowest BCUT2D eigenvalue weighted by atomic mass is 9.95. The molecule has 4 aromatic rings. The van der Waals surface area contributed by atoms with Gasteiger partial charge in [0.15, 0.2) is 0 Å². The molecule has 0 saturated heterocycles. The molecule has 2 amide bonds. The molecule has 2 heterocycles. The number of aromatic hydroxyl groups is 1. The van der Waals surface area contributed by atoms with E-state index < -0.39 is 0 Å². The van der Waals surface area contributed by atoms with Gasteiger partial charge in [-0.25, -0.2) is 0 Å². The summed E-state index contributed by atoms with van der Waals surface area (Å²) in [6, 6.07) is 19.1. The van der Waals surface area contributed by atoms with E-state index in [2.05, 4.69) is 0 Å². The summed E-state index contributed by atoms with van der Waals surface area (Å²) in [6.07, 6.45) is 0.859. The first-order valence-corrected chi connectivity index (χ1v) is 14.3. The third kappa shape index (κ3) is 4.26. The number of fused-ring (bicyclic) bond motifs is 6. The van der Waals surface area contributed by atoms with Crippen LogP contribution in [-0.2, 0) is 9.59 Å². The molecule has 0 bridgehead atoms. The van der Waals surface area contributed by atoms with Gasteiger partial charge in [0.25, 0.3) is 0 Å². The zero-order chi connectivity index (χ0) is 27.3. The lowest BCUT2D eigenvalue weighted by molar-refractivity contribution is -0.119. The summed E-state index contributed by atoms with van der Waals surface area (Å²) in [7, 11) is 0. The molecule has 0 unspecified atom stereocenters. The zero-order valence-corrected chi connectivity index (χ0v) is 22.9. The van der Waals surface area contributed by atoms with Gasteiger partial charge in [0, 0.05) is 77.7 Å². The third-order valence-corrected chi connectivity index (χ3v) is 8.84. The Bertz CT molecular complexity index is 1500. The summed E-state index contributed by atoms with van der Waals surface area (Å²) in [6.45, 7) is 0.963. The number of anilines is 3. The normalized spacial score (nSPS) is 18.1. The van der Waals surface area contributed by atoms with E-state index in [1.807, 2.05) is 54.6 Å². The number of halogens is 2. The minimum atomic E-state index is -0.0814. The number of nitrogen functional groups attached to an aromatic ring is 1. The number of nitrogens with zero attached hydrogens (tertiary/aromatic N) is 2. The van der Waals surface area contributed by atoms with Crippen LogP contribution < -0.4 is 15.5 Å². The molecule has 0 spiro atoms. The molecule has 8 heteroatoms. The molecule has 0 radical (unpaired) electrons. The Kier molecular flexibility index (Phi) is 6.77. The first kappa shape index (κ1) is 25.8. The van der Waals surface area contributed by atoms with Crippen LogP contribution in [0.4, 0.5) is 17.1 Å². The van der Waals surface area contributed by atoms with Gasteiger partial charge in [-0.15, -0.1) is 23.2 Å². The molecule has 6 rings (SSSR count). The molecule has 3 N–H and O–H groups in total. The predicted octanol–water partition coefficient (Wildman–Crippen LogP) is 6.49. The number of rotatable bonds is 6. The van der Waals surface area contributed by atoms with Gasteiger partial charge in [0.05, 0.1) is 5.69 Å². The maximum Gasteiger partial charge on any atom is 0.227 e. The lowest BCUT2D eigenvalue weighted by Crippen LogP contribution is -2.32. The van der Waals surface area contributed by atoms with Gasteiger partial charge in [0.2, 0.25) is 11.8 Å². The van der Waals surface area contributed by atoms with Crippen LogP contribution in [0.2, 0.25) is 0 Å². The average molecular weight is 562 g/mol. The average Bonchev–Trinajstić information content (AvgIpc) is 3.52. The van der Waals surface area contributed by atoms with E-state index in [4.69, 9.17) is 28.9 Å². The molecular weight excluding hydrogens is 533 g/mol. The van der Waals surface area contributed by atoms with Gasteiger partial charge < -0.3 is 20.6 Å². The van der Waals surface area contributed by atoms with Crippen LogP contribution in [0.3, 0.4) is 0 Å². The highest BCUT2D eigenvalue weighted by Crippen LogP contribution is 2.46. The molecule has 39 heavy (non-hydrogen) atoms. The van der Waals surface area contributed by atoms with Crippen LogP contribution in [0.5, 0.6) is 5.75 Å². The molecule has 0 aromatic heterocycles. The molecule has 6 nitrogen and oxygen atoms in total. The number of phenolic OH excluding ortho intramolecular Hbond substituents is 1. The zero-order valence-electron chi connectivity index (χ0n) is 21.4. The fourth-order valence-corrected chi connectivity index (χ4v) is 6.79. The van der Waals surface area contributed by atoms with Crippen LogP contribution in [0.25, 0.3) is 21.5 Å². The van der Waals surface area contributed by atoms with Crippen LogP contribution in [0, 0.1) is 0 Å². The highest BCUT2D eigenvalue weighted by atomic mass is 35.5.